The first-order valence-corrected chi connectivity index (χ1v) is 7.16. The summed E-state index contributed by atoms with van der Waals surface area (Å²) in [5.41, 5.74) is 2.15. The van der Waals surface area contributed by atoms with Gasteiger partial charge in [-0.2, -0.15) is 16.7 Å². The second-order valence-corrected chi connectivity index (χ2v) is 5.49. The summed E-state index contributed by atoms with van der Waals surface area (Å²) in [6.07, 6.45) is 3.40. The summed E-state index contributed by atoms with van der Waals surface area (Å²) in [6, 6.07) is 0. The van der Waals surface area contributed by atoms with Gasteiger partial charge in [-0.15, -0.1) is 0 Å². The van der Waals surface area contributed by atoms with Gasteiger partial charge in [0.2, 0.25) is 11.8 Å². The third-order valence-electron chi connectivity index (χ3n) is 2.99. The van der Waals surface area contributed by atoms with E-state index in [2.05, 4.69) is 20.7 Å². The van der Waals surface area contributed by atoms with Gasteiger partial charge in [-0.3, -0.25) is 15.5 Å². The van der Waals surface area contributed by atoms with Gasteiger partial charge in [0.05, 0.1) is 4.92 Å². The normalized spacial score (nSPS) is 16.1. The van der Waals surface area contributed by atoms with Crippen molar-refractivity contribution in [3.63, 3.8) is 0 Å². The van der Waals surface area contributed by atoms with Crippen molar-refractivity contribution in [3.8, 4) is 0 Å². The lowest BCUT2D eigenvalue weighted by Gasteiger charge is -2.21. The largest absolute Gasteiger partial charge is 0.364 e. The first kappa shape index (κ1) is 13.8. The molecule has 1 saturated heterocycles. The summed E-state index contributed by atoms with van der Waals surface area (Å²) in [5, 5.41) is 13.9. The highest BCUT2D eigenvalue weighted by molar-refractivity contribution is 7.99. The van der Waals surface area contributed by atoms with Gasteiger partial charge < -0.3 is 5.32 Å². The Morgan fingerprint density at radius 3 is 2.89 bits per heavy atom. The molecule has 0 aliphatic carbocycles. The number of nitrogens with zero attached hydrogens (tertiary/aromatic N) is 3. The molecule has 0 bridgehead atoms. The fraction of sp³-hybridized carbons (Fsp3) is 0.600. The highest BCUT2D eigenvalue weighted by atomic mass is 32.2. The van der Waals surface area contributed by atoms with Crippen molar-refractivity contribution < 1.29 is 4.92 Å². The topological polar surface area (TPSA) is 119 Å². The molecule has 1 aromatic heterocycles. The van der Waals surface area contributed by atoms with E-state index in [0.717, 1.165) is 30.5 Å². The molecule has 0 spiro atoms. The summed E-state index contributed by atoms with van der Waals surface area (Å²) in [7, 11) is 0. The van der Waals surface area contributed by atoms with Crippen molar-refractivity contribution in [2.75, 3.05) is 28.8 Å². The second-order valence-electron chi connectivity index (χ2n) is 4.27. The minimum Gasteiger partial charge on any atom is -0.364 e. The predicted octanol–water partition coefficient (Wildman–Crippen LogP) is 1.23. The lowest BCUT2D eigenvalue weighted by atomic mass is 10.0. The van der Waals surface area contributed by atoms with E-state index in [1.54, 1.807) is 0 Å². The molecule has 104 valence electrons. The third-order valence-corrected chi connectivity index (χ3v) is 4.04. The summed E-state index contributed by atoms with van der Waals surface area (Å²) in [4.78, 5) is 18.1. The fourth-order valence-corrected chi connectivity index (χ4v) is 3.10. The van der Waals surface area contributed by atoms with E-state index in [1.165, 1.54) is 0 Å². The van der Waals surface area contributed by atoms with Crippen LogP contribution < -0.4 is 16.6 Å². The fourth-order valence-electron chi connectivity index (χ4n) is 1.90. The molecule has 19 heavy (non-hydrogen) atoms. The standard InChI is InChI=1S/C10H16N6O2S/c11-15-10-13-6-8(16(17)18)9(14-10)12-5-7-1-3-19-4-2-7/h6-7H,1-5,11H2,(H2,12,13,14,15). The van der Waals surface area contributed by atoms with Gasteiger partial charge in [0.15, 0.2) is 0 Å². The van der Waals surface area contributed by atoms with E-state index >= 15 is 0 Å². The molecule has 1 aliphatic rings. The van der Waals surface area contributed by atoms with E-state index in [4.69, 9.17) is 5.84 Å². The number of anilines is 2. The van der Waals surface area contributed by atoms with Crippen LogP contribution in [-0.2, 0) is 0 Å². The lowest BCUT2D eigenvalue weighted by Crippen LogP contribution is -2.20. The number of hydrazine groups is 1. The Bertz CT molecular complexity index is 452. The van der Waals surface area contributed by atoms with Gasteiger partial charge in [-0.1, -0.05) is 0 Å². The number of rotatable bonds is 5. The summed E-state index contributed by atoms with van der Waals surface area (Å²) in [6.45, 7) is 0.683. The highest BCUT2D eigenvalue weighted by Crippen LogP contribution is 2.25. The van der Waals surface area contributed by atoms with Crippen LogP contribution >= 0.6 is 11.8 Å². The van der Waals surface area contributed by atoms with Gasteiger partial charge in [-0.25, -0.2) is 10.8 Å². The molecule has 8 nitrogen and oxygen atoms in total. The van der Waals surface area contributed by atoms with Crippen molar-refractivity contribution in [1.29, 1.82) is 0 Å². The Hall–Kier alpha value is -1.61. The Labute approximate surface area is 114 Å². The first-order valence-electron chi connectivity index (χ1n) is 6.00. The number of thioether (sulfide) groups is 1. The number of hydrogen-bond donors (Lipinski definition) is 3. The summed E-state index contributed by atoms with van der Waals surface area (Å²) < 4.78 is 0. The van der Waals surface area contributed by atoms with Crippen molar-refractivity contribution in [2.24, 2.45) is 11.8 Å². The van der Waals surface area contributed by atoms with Gasteiger partial charge in [0, 0.05) is 6.54 Å². The molecular weight excluding hydrogens is 268 g/mol. The van der Waals surface area contributed by atoms with Crippen LogP contribution in [0, 0.1) is 16.0 Å². The van der Waals surface area contributed by atoms with Crippen LogP contribution in [0.25, 0.3) is 0 Å². The van der Waals surface area contributed by atoms with Gasteiger partial charge in [0.25, 0.3) is 0 Å². The van der Waals surface area contributed by atoms with Crippen molar-refractivity contribution in [1.82, 2.24) is 9.97 Å². The quantitative estimate of drug-likeness (QED) is 0.419. The van der Waals surface area contributed by atoms with Gasteiger partial charge >= 0.3 is 5.69 Å². The smallest absolute Gasteiger partial charge is 0.329 e. The van der Waals surface area contributed by atoms with Crippen LogP contribution in [0.5, 0.6) is 0 Å². The number of aromatic nitrogens is 2. The van der Waals surface area contributed by atoms with E-state index in [-0.39, 0.29) is 17.5 Å². The molecule has 4 N–H and O–H groups in total. The number of hydrogen-bond acceptors (Lipinski definition) is 8. The third kappa shape index (κ3) is 3.67. The van der Waals surface area contributed by atoms with E-state index in [0.29, 0.717) is 12.5 Å². The molecule has 1 fully saturated rings. The molecule has 0 unspecified atom stereocenters. The molecule has 1 aromatic rings. The number of nitrogen functional groups attached to an aromatic ring is 1. The van der Waals surface area contributed by atoms with Crippen LogP contribution in [0.3, 0.4) is 0 Å². The highest BCUT2D eigenvalue weighted by Gasteiger charge is 2.19. The zero-order chi connectivity index (χ0) is 13.7. The molecule has 0 atom stereocenters. The molecule has 0 aromatic carbocycles. The van der Waals surface area contributed by atoms with Crippen molar-refractivity contribution in [2.45, 2.75) is 12.8 Å². The first-order chi connectivity index (χ1) is 9.20. The maximum absolute atomic E-state index is 10.9. The molecule has 0 saturated carbocycles. The molecule has 2 rings (SSSR count). The zero-order valence-corrected chi connectivity index (χ0v) is 11.2. The number of nitrogens with one attached hydrogen (secondary N) is 2. The molecular formula is C10H16N6O2S. The van der Waals surface area contributed by atoms with Crippen LogP contribution in [0.1, 0.15) is 12.8 Å². The summed E-state index contributed by atoms with van der Waals surface area (Å²) >= 11 is 1.95. The van der Waals surface area contributed by atoms with Crippen molar-refractivity contribution >= 4 is 29.2 Å². The SMILES string of the molecule is NNc1ncc([N+](=O)[O-])c(NCC2CCSCC2)n1. The van der Waals surface area contributed by atoms with Crippen LogP contribution in [0.15, 0.2) is 6.20 Å². The van der Waals surface area contributed by atoms with Gasteiger partial charge in [-0.05, 0) is 30.3 Å². The Kier molecular flexibility index (Phi) is 4.74. The van der Waals surface area contributed by atoms with Gasteiger partial charge in [0.1, 0.15) is 6.20 Å². The van der Waals surface area contributed by atoms with Crippen LogP contribution in [0.4, 0.5) is 17.5 Å². The molecule has 0 amide bonds. The van der Waals surface area contributed by atoms with Crippen molar-refractivity contribution in [3.05, 3.63) is 16.3 Å². The molecule has 0 radical (unpaired) electrons. The van der Waals surface area contributed by atoms with E-state index in [1.807, 2.05) is 11.8 Å². The average molecular weight is 284 g/mol. The van der Waals surface area contributed by atoms with Crippen LogP contribution in [0.2, 0.25) is 0 Å². The molecule has 1 aliphatic heterocycles. The summed E-state index contributed by atoms with van der Waals surface area (Å²) in [5.74, 6) is 8.41. The van der Waals surface area contributed by atoms with E-state index in [9.17, 15) is 10.1 Å². The minimum atomic E-state index is -0.501. The van der Waals surface area contributed by atoms with Crippen LogP contribution in [-0.4, -0.2) is 32.9 Å². The minimum absolute atomic E-state index is 0.135. The Balaban J connectivity index is 2.06. The number of nitrogens with two attached hydrogens (primary N) is 1. The monoisotopic (exact) mass is 284 g/mol. The molecule has 9 heteroatoms. The molecule has 2 heterocycles. The number of nitro groups is 1. The second kappa shape index (κ2) is 6.53. The Morgan fingerprint density at radius 1 is 1.53 bits per heavy atom. The average Bonchev–Trinajstić information content (AvgIpc) is 2.45. The zero-order valence-electron chi connectivity index (χ0n) is 10.3. The lowest BCUT2D eigenvalue weighted by molar-refractivity contribution is -0.384. The Morgan fingerprint density at radius 2 is 2.26 bits per heavy atom. The maximum Gasteiger partial charge on any atom is 0.329 e. The maximum atomic E-state index is 10.9. The van der Waals surface area contributed by atoms with E-state index < -0.39 is 4.92 Å². The predicted molar refractivity (Wildman–Crippen MR) is 75.0 cm³/mol.